The lowest BCUT2D eigenvalue weighted by Crippen LogP contribution is -2.26. The van der Waals surface area contributed by atoms with Gasteiger partial charge in [-0.05, 0) is 29.8 Å². The van der Waals surface area contributed by atoms with E-state index >= 15 is 0 Å². The number of benzene rings is 2. The summed E-state index contributed by atoms with van der Waals surface area (Å²) in [5.41, 5.74) is 4.05. The van der Waals surface area contributed by atoms with Crippen LogP contribution in [0.4, 0.5) is 5.69 Å². The molecule has 6 heteroatoms. The average Bonchev–Trinajstić information content (AvgIpc) is 2.55. The highest BCUT2D eigenvalue weighted by atomic mass is 35.5. The standard InChI is InChI=1S/C16H16ClN3O2/c1-22-15-5-3-2-4-14(15)18-11-16(21)20-19-10-12-6-8-13(17)9-7-12/h2-10,18H,11H2,1H3,(H,20,21). The van der Waals surface area contributed by atoms with Gasteiger partial charge in [0.05, 0.1) is 25.6 Å². The van der Waals surface area contributed by atoms with E-state index in [1.165, 1.54) is 0 Å². The lowest BCUT2D eigenvalue weighted by atomic mass is 10.2. The molecule has 0 radical (unpaired) electrons. The number of hydrogen-bond acceptors (Lipinski definition) is 4. The summed E-state index contributed by atoms with van der Waals surface area (Å²) in [7, 11) is 1.58. The van der Waals surface area contributed by atoms with Gasteiger partial charge in [0.1, 0.15) is 5.75 Å². The van der Waals surface area contributed by atoms with Crippen molar-refractivity contribution >= 4 is 29.4 Å². The first-order valence-corrected chi connectivity index (χ1v) is 7.01. The Bertz CT molecular complexity index is 657. The number of hydrazone groups is 1. The van der Waals surface area contributed by atoms with Gasteiger partial charge in [-0.2, -0.15) is 5.10 Å². The zero-order valence-corrected chi connectivity index (χ0v) is 12.8. The van der Waals surface area contributed by atoms with E-state index in [2.05, 4.69) is 15.8 Å². The molecule has 2 aromatic carbocycles. The van der Waals surface area contributed by atoms with Gasteiger partial charge < -0.3 is 10.1 Å². The molecule has 0 aromatic heterocycles. The van der Waals surface area contributed by atoms with E-state index in [4.69, 9.17) is 16.3 Å². The molecule has 2 N–H and O–H groups in total. The minimum absolute atomic E-state index is 0.0956. The lowest BCUT2D eigenvalue weighted by Gasteiger charge is -2.09. The van der Waals surface area contributed by atoms with Crippen molar-refractivity contribution in [2.24, 2.45) is 5.10 Å². The van der Waals surface area contributed by atoms with Crippen molar-refractivity contribution in [2.45, 2.75) is 0 Å². The number of carbonyl (C=O) groups excluding carboxylic acids is 1. The molecule has 5 nitrogen and oxygen atoms in total. The number of anilines is 1. The van der Waals surface area contributed by atoms with Crippen molar-refractivity contribution < 1.29 is 9.53 Å². The van der Waals surface area contributed by atoms with Crippen molar-refractivity contribution in [3.63, 3.8) is 0 Å². The summed E-state index contributed by atoms with van der Waals surface area (Å²) in [6.07, 6.45) is 1.55. The van der Waals surface area contributed by atoms with Crippen LogP contribution in [0.5, 0.6) is 5.75 Å². The number of carbonyl (C=O) groups is 1. The fourth-order valence-electron chi connectivity index (χ4n) is 1.73. The molecule has 1 amide bonds. The number of para-hydroxylation sites is 2. The monoisotopic (exact) mass is 317 g/mol. The smallest absolute Gasteiger partial charge is 0.259 e. The Hall–Kier alpha value is -2.53. The van der Waals surface area contributed by atoms with Crippen molar-refractivity contribution in [3.8, 4) is 5.75 Å². The maximum Gasteiger partial charge on any atom is 0.259 e. The highest BCUT2D eigenvalue weighted by Crippen LogP contribution is 2.22. The third-order valence-corrected chi connectivity index (χ3v) is 3.07. The normalized spacial score (nSPS) is 10.5. The molecule has 0 saturated carbocycles. The molecule has 114 valence electrons. The molecule has 0 heterocycles. The van der Waals surface area contributed by atoms with Crippen LogP contribution in [0.2, 0.25) is 5.02 Å². The van der Waals surface area contributed by atoms with E-state index in [0.717, 1.165) is 11.3 Å². The van der Waals surface area contributed by atoms with Gasteiger partial charge in [0.2, 0.25) is 0 Å². The van der Waals surface area contributed by atoms with Crippen LogP contribution in [-0.4, -0.2) is 25.8 Å². The number of ether oxygens (including phenoxy) is 1. The van der Waals surface area contributed by atoms with E-state index in [9.17, 15) is 4.79 Å². The molecule has 22 heavy (non-hydrogen) atoms. The first-order chi connectivity index (χ1) is 10.7. The van der Waals surface area contributed by atoms with E-state index in [1.54, 1.807) is 25.5 Å². The van der Waals surface area contributed by atoms with Gasteiger partial charge in [-0.15, -0.1) is 0 Å². The number of nitrogens with one attached hydrogen (secondary N) is 2. The maximum atomic E-state index is 11.7. The maximum absolute atomic E-state index is 11.7. The number of nitrogens with zero attached hydrogens (tertiary/aromatic N) is 1. The Morgan fingerprint density at radius 1 is 1.23 bits per heavy atom. The Labute approximate surface area is 133 Å². The van der Waals surface area contributed by atoms with Crippen molar-refractivity contribution in [1.82, 2.24) is 5.43 Å². The lowest BCUT2D eigenvalue weighted by molar-refractivity contribution is -0.119. The fourth-order valence-corrected chi connectivity index (χ4v) is 1.86. The van der Waals surface area contributed by atoms with Gasteiger partial charge in [-0.25, -0.2) is 5.43 Å². The predicted molar refractivity (Wildman–Crippen MR) is 88.7 cm³/mol. The van der Waals surface area contributed by atoms with Gasteiger partial charge >= 0.3 is 0 Å². The van der Waals surface area contributed by atoms with Gasteiger partial charge in [0.25, 0.3) is 5.91 Å². The van der Waals surface area contributed by atoms with Gasteiger partial charge in [-0.3, -0.25) is 4.79 Å². The van der Waals surface area contributed by atoms with Crippen LogP contribution in [0.3, 0.4) is 0 Å². The molecule has 0 aliphatic heterocycles. The zero-order valence-electron chi connectivity index (χ0n) is 12.0. The van der Waals surface area contributed by atoms with Crippen molar-refractivity contribution in [1.29, 1.82) is 0 Å². The van der Waals surface area contributed by atoms with Crippen LogP contribution >= 0.6 is 11.6 Å². The summed E-state index contributed by atoms with van der Waals surface area (Å²) in [5.74, 6) is 0.427. The molecule has 0 bridgehead atoms. The first kappa shape index (κ1) is 15.9. The average molecular weight is 318 g/mol. The molecule has 0 spiro atoms. The van der Waals surface area contributed by atoms with Gasteiger partial charge in [0, 0.05) is 5.02 Å². The summed E-state index contributed by atoms with van der Waals surface area (Å²) >= 11 is 5.79. The first-order valence-electron chi connectivity index (χ1n) is 6.63. The molecular weight excluding hydrogens is 302 g/mol. The number of halogens is 1. The second kappa shape index (κ2) is 8.05. The zero-order chi connectivity index (χ0) is 15.8. The number of rotatable bonds is 6. The molecule has 0 atom stereocenters. The van der Waals surface area contributed by atoms with Crippen molar-refractivity contribution in [3.05, 3.63) is 59.1 Å². The summed E-state index contributed by atoms with van der Waals surface area (Å²) in [6, 6.07) is 14.5. The molecular formula is C16H16ClN3O2. The highest BCUT2D eigenvalue weighted by Gasteiger charge is 2.03. The van der Waals surface area contributed by atoms with Crippen LogP contribution in [0.15, 0.2) is 53.6 Å². The third-order valence-electron chi connectivity index (χ3n) is 2.82. The molecule has 0 aliphatic carbocycles. The second-order valence-corrected chi connectivity index (χ2v) is 4.84. The minimum Gasteiger partial charge on any atom is -0.495 e. The topological polar surface area (TPSA) is 62.7 Å². The molecule has 0 saturated heterocycles. The summed E-state index contributed by atoms with van der Waals surface area (Å²) in [6.45, 7) is 0.0956. The molecule has 0 fully saturated rings. The van der Waals surface area contributed by atoms with Crippen LogP contribution < -0.4 is 15.5 Å². The molecule has 0 unspecified atom stereocenters. The minimum atomic E-state index is -0.254. The summed E-state index contributed by atoms with van der Waals surface area (Å²) < 4.78 is 5.19. The Kier molecular flexibility index (Phi) is 5.80. The third kappa shape index (κ3) is 4.79. The quantitative estimate of drug-likeness (QED) is 0.636. The number of hydrogen-bond donors (Lipinski definition) is 2. The van der Waals surface area contributed by atoms with Crippen LogP contribution in [-0.2, 0) is 4.79 Å². The van der Waals surface area contributed by atoms with Crippen molar-refractivity contribution in [2.75, 3.05) is 19.0 Å². The predicted octanol–water partition coefficient (Wildman–Crippen LogP) is 2.91. The second-order valence-electron chi connectivity index (χ2n) is 4.40. The highest BCUT2D eigenvalue weighted by molar-refractivity contribution is 6.30. The Balaban J connectivity index is 1.82. The molecule has 0 aliphatic rings. The van der Waals surface area contributed by atoms with Crippen LogP contribution in [0.25, 0.3) is 0 Å². The van der Waals surface area contributed by atoms with Crippen LogP contribution in [0.1, 0.15) is 5.56 Å². The number of amides is 1. The number of methoxy groups -OCH3 is 1. The van der Waals surface area contributed by atoms with E-state index < -0.39 is 0 Å². The van der Waals surface area contributed by atoms with E-state index in [1.807, 2.05) is 36.4 Å². The SMILES string of the molecule is COc1ccccc1NCC(=O)NN=Cc1ccc(Cl)cc1. The Morgan fingerprint density at radius 2 is 1.95 bits per heavy atom. The largest absolute Gasteiger partial charge is 0.495 e. The van der Waals surface area contributed by atoms with Crippen LogP contribution in [0, 0.1) is 0 Å². The molecule has 2 rings (SSSR count). The molecule has 2 aromatic rings. The van der Waals surface area contributed by atoms with Gasteiger partial charge in [0.15, 0.2) is 0 Å². The summed E-state index contributed by atoms with van der Waals surface area (Å²) in [4.78, 5) is 11.7. The van der Waals surface area contributed by atoms with Gasteiger partial charge in [-0.1, -0.05) is 35.9 Å². The van der Waals surface area contributed by atoms with E-state index in [0.29, 0.717) is 10.8 Å². The summed E-state index contributed by atoms with van der Waals surface area (Å²) in [5, 5.41) is 7.53. The fraction of sp³-hybridized carbons (Fsp3) is 0.125. The Morgan fingerprint density at radius 3 is 2.68 bits per heavy atom. The van der Waals surface area contributed by atoms with E-state index in [-0.39, 0.29) is 12.5 Å².